The summed E-state index contributed by atoms with van der Waals surface area (Å²) < 4.78 is 11.7. The molecule has 1 aromatic heterocycles. The lowest BCUT2D eigenvalue weighted by Crippen LogP contribution is -2.18. The standard InChI is InChI=1S/C18H25N5O2/c1-11(2)12-8-15(24-3)13(23-6-4-5-7-23)9-14(12)25-16-10-21-18(20)22-17(16)19/h8-11H,4-7H2,1-3H3,(H4,19,20,21,22). The van der Waals surface area contributed by atoms with Crippen molar-refractivity contribution < 1.29 is 9.47 Å². The molecule has 4 N–H and O–H groups in total. The minimum absolute atomic E-state index is 0.126. The van der Waals surface area contributed by atoms with E-state index in [0.29, 0.717) is 5.75 Å². The van der Waals surface area contributed by atoms with Crippen LogP contribution in [0.2, 0.25) is 0 Å². The van der Waals surface area contributed by atoms with E-state index in [1.54, 1.807) is 7.11 Å². The van der Waals surface area contributed by atoms with Crippen LogP contribution in [0.25, 0.3) is 0 Å². The van der Waals surface area contributed by atoms with Crippen molar-refractivity contribution in [3.05, 3.63) is 23.9 Å². The van der Waals surface area contributed by atoms with Gasteiger partial charge in [0.25, 0.3) is 0 Å². The van der Waals surface area contributed by atoms with Gasteiger partial charge in [0, 0.05) is 24.7 Å². The summed E-state index contributed by atoms with van der Waals surface area (Å²) in [6, 6.07) is 4.07. The molecule has 0 amide bonds. The monoisotopic (exact) mass is 343 g/mol. The van der Waals surface area contributed by atoms with Gasteiger partial charge in [-0.1, -0.05) is 13.8 Å². The van der Waals surface area contributed by atoms with Gasteiger partial charge in [-0.05, 0) is 24.8 Å². The van der Waals surface area contributed by atoms with E-state index in [-0.39, 0.29) is 17.7 Å². The Balaban J connectivity index is 2.04. The van der Waals surface area contributed by atoms with Gasteiger partial charge in [-0.25, -0.2) is 4.98 Å². The van der Waals surface area contributed by atoms with Gasteiger partial charge in [0.2, 0.25) is 5.95 Å². The van der Waals surface area contributed by atoms with E-state index < -0.39 is 0 Å². The second-order valence-electron chi connectivity index (χ2n) is 6.49. The largest absolute Gasteiger partial charge is 0.495 e. The summed E-state index contributed by atoms with van der Waals surface area (Å²) >= 11 is 0. The molecule has 2 heterocycles. The molecule has 2 aromatic rings. The van der Waals surface area contributed by atoms with Crippen molar-refractivity contribution in [3.63, 3.8) is 0 Å². The molecule has 0 atom stereocenters. The summed E-state index contributed by atoms with van der Waals surface area (Å²) in [5.41, 5.74) is 13.6. The second-order valence-corrected chi connectivity index (χ2v) is 6.49. The lowest BCUT2D eigenvalue weighted by molar-refractivity contribution is 0.411. The summed E-state index contributed by atoms with van der Waals surface area (Å²) in [6.45, 7) is 6.26. The number of nitrogens with zero attached hydrogens (tertiary/aromatic N) is 3. The molecular weight excluding hydrogens is 318 g/mol. The number of nitrogen functional groups attached to an aromatic ring is 2. The van der Waals surface area contributed by atoms with Gasteiger partial charge in [0.15, 0.2) is 11.6 Å². The highest BCUT2D eigenvalue weighted by Gasteiger charge is 2.21. The minimum Gasteiger partial charge on any atom is -0.495 e. The summed E-state index contributed by atoms with van der Waals surface area (Å²) in [6.07, 6.45) is 3.87. The zero-order valence-corrected chi connectivity index (χ0v) is 15.0. The van der Waals surface area contributed by atoms with Crippen LogP contribution in [0.4, 0.5) is 17.5 Å². The Hall–Kier alpha value is -2.70. The third-order valence-electron chi connectivity index (χ3n) is 4.40. The molecule has 7 nitrogen and oxygen atoms in total. The molecule has 134 valence electrons. The van der Waals surface area contributed by atoms with Crippen molar-refractivity contribution in [1.82, 2.24) is 9.97 Å². The number of nitrogens with two attached hydrogens (primary N) is 2. The van der Waals surface area contributed by atoms with E-state index in [1.807, 2.05) is 12.1 Å². The predicted octanol–water partition coefficient (Wildman–Crippen LogP) is 3.17. The molecule has 1 fully saturated rings. The molecule has 3 rings (SSSR count). The first-order valence-electron chi connectivity index (χ1n) is 8.52. The average Bonchev–Trinajstić information content (AvgIpc) is 3.11. The highest BCUT2D eigenvalue weighted by Crippen LogP contribution is 2.41. The summed E-state index contributed by atoms with van der Waals surface area (Å²) in [7, 11) is 1.70. The fourth-order valence-electron chi connectivity index (χ4n) is 3.07. The lowest BCUT2D eigenvalue weighted by Gasteiger charge is -2.24. The number of methoxy groups -OCH3 is 1. The Morgan fingerprint density at radius 1 is 1.08 bits per heavy atom. The van der Waals surface area contributed by atoms with Crippen LogP contribution in [0.5, 0.6) is 17.2 Å². The van der Waals surface area contributed by atoms with Gasteiger partial charge in [-0.15, -0.1) is 0 Å². The molecule has 1 aromatic carbocycles. The van der Waals surface area contributed by atoms with Crippen molar-refractivity contribution in [1.29, 1.82) is 0 Å². The lowest BCUT2D eigenvalue weighted by atomic mass is 10.0. The van der Waals surface area contributed by atoms with Crippen LogP contribution in [-0.2, 0) is 0 Å². The van der Waals surface area contributed by atoms with Crippen molar-refractivity contribution >= 4 is 17.5 Å². The maximum atomic E-state index is 6.07. The van der Waals surface area contributed by atoms with Gasteiger partial charge in [0.1, 0.15) is 11.5 Å². The SMILES string of the molecule is COc1cc(C(C)C)c(Oc2cnc(N)nc2N)cc1N1CCCC1. The number of rotatable bonds is 5. The number of hydrogen-bond acceptors (Lipinski definition) is 7. The van der Waals surface area contributed by atoms with Gasteiger partial charge in [0.05, 0.1) is 19.0 Å². The molecule has 1 saturated heterocycles. The van der Waals surface area contributed by atoms with Crippen LogP contribution in [0, 0.1) is 0 Å². The third-order valence-corrected chi connectivity index (χ3v) is 4.40. The number of aromatic nitrogens is 2. The molecule has 0 aliphatic carbocycles. The van der Waals surface area contributed by atoms with E-state index >= 15 is 0 Å². The fourth-order valence-corrected chi connectivity index (χ4v) is 3.07. The van der Waals surface area contributed by atoms with Gasteiger partial charge >= 0.3 is 0 Å². The Labute approximate surface area is 148 Å². The molecule has 7 heteroatoms. The first-order chi connectivity index (χ1) is 12.0. The Morgan fingerprint density at radius 2 is 1.80 bits per heavy atom. The predicted molar refractivity (Wildman–Crippen MR) is 99.5 cm³/mol. The smallest absolute Gasteiger partial charge is 0.222 e. The van der Waals surface area contributed by atoms with Crippen LogP contribution in [0.15, 0.2) is 18.3 Å². The first kappa shape index (κ1) is 17.1. The zero-order valence-electron chi connectivity index (χ0n) is 15.0. The van der Waals surface area contributed by atoms with Crippen LogP contribution >= 0.6 is 0 Å². The number of anilines is 3. The zero-order chi connectivity index (χ0) is 18.0. The fraction of sp³-hybridized carbons (Fsp3) is 0.444. The van der Waals surface area contributed by atoms with Crippen LogP contribution < -0.4 is 25.8 Å². The van der Waals surface area contributed by atoms with Crippen molar-refractivity contribution in [3.8, 4) is 17.2 Å². The first-order valence-corrected chi connectivity index (χ1v) is 8.52. The van der Waals surface area contributed by atoms with Crippen molar-refractivity contribution in [2.24, 2.45) is 0 Å². The number of hydrogen-bond donors (Lipinski definition) is 2. The molecular formula is C18H25N5O2. The molecule has 0 bridgehead atoms. The van der Waals surface area contributed by atoms with Crippen LogP contribution in [0.1, 0.15) is 38.2 Å². The van der Waals surface area contributed by atoms with Crippen molar-refractivity contribution in [2.45, 2.75) is 32.6 Å². The van der Waals surface area contributed by atoms with Crippen LogP contribution in [-0.4, -0.2) is 30.2 Å². The number of benzene rings is 1. The average molecular weight is 343 g/mol. The Kier molecular flexibility index (Phi) is 4.83. The van der Waals surface area contributed by atoms with Crippen molar-refractivity contribution in [2.75, 3.05) is 36.6 Å². The van der Waals surface area contributed by atoms with Gasteiger partial charge in [-0.3, -0.25) is 0 Å². The van der Waals surface area contributed by atoms with E-state index in [2.05, 4.69) is 28.7 Å². The topological polar surface area (TPSA) is 99.5 Å². The highest BCUT2D eigenvalue weighted by molar-refractivity contribution is 5.66. The summed E-state index contributed by atoms with van der Waals surface area (Å²) in [4.78, 5) is 10.3. The molecule has 0 unspecified atom stereocenters. The van der Waals surface area contributed by atoms with E-state index in [1.165, 1.54) is 19.0 Å². The Morgan fingerprint density at radius 3 is 2.40 bits per heavy atom. The molecule has 1 aliphatic heterocycles. The van der Waals surface area contributed by atoms with E-state index in [0.717, 1.165) is 35.8 Å². The second kappa shape index (κ2) is 7.04. The third kappa shape index (κ3) is 3.55. The molecule has 0 radical (unpaired) electrons. The highest BCUT2D eigenvalue weighted by atomic mass is 16.5. The van der Waals surface area contributed by atoms with Crippen LogP contribution in [0.3, 0.4) is 0 Å². The molecule has 0 spiro atoms. The molecule has 25 heavy (non-hydrogen) atoms. The maximum absolute atomic E-state index is 6.07. The molecule has 1 aliphatic rings. The quantitative estimate of drug-likeness (QED) is 0.860. The van der Waals surface area contributed by atoms with Gasteiger partial charge < -0.3 is 25.8 Å². The van der Waals surface area contributed by atoms with E-state index in [9.17, 15) is 0 Å². The maximum Gasteiger partial charge on any atom is 0.222 e. The normalized spacial score (nSPS) is 14.2. The van der Waals surface area contributed by atoms with E-state index in [4.69, 9.17) is 20.9 Å². The summed E-state index contributed by atoms with van der Waals surface area (Å²) in [5.74, 6) is 2.60. The number of ether oxygens (including phenoxy) is 2. The Bertz CT molecular complexity index is 757. The summed E-state index contributed by atoms with van der Waals surface area (Å²) in [5, 5.41) is 0. The molecule has 0 saturated carbocycles. The minimum atomic E-state index is 0.126. The van der Waals surface area contributed by atoms with Gasteiger partial charge in [-0.2, -0.15) is 4.98 Å².